The van der Waals surface area contributed by atoms with E-state index in [0.717, 1.165) is 38.3 Å². The van der Waals surface area contributed by atoms with Gasteiger partial charge in [0.25, 0.3) is 5.91 Å². The Labute approximate surface area is 167 Å². The van der Waals surface area contributed by atoms with Gasteiger partial charge in [0, 0.05) is 51.3 Å². The van der Waals surface area contributed by atoms with Crippen molar-refractivity contribution in [3.05, 3.63) is 70.8 Å². The Hall–Kier alpha value is -2.66. The van der Waals surface area contributed by atoms with Gasteiger partial charge in [-0.25, -0.2) is 0 Å². The van der Waals surface area contributed by atoms with E-state index in [4.69, 9.17) is 0 Å². The molecule has 0 aromatic heterocycles. The van der Waals surface area contributed by atoms with Crippen molar-refractivity contribution >= 4 is 11.8 Å². The molecule has 1 heterocycles. The Morgan fingerprint density at radius 2 is 1.71 bits per heavy atom. The zero-order chi connectivity index (χ0) is 19.9. The molecule has 5 heteroatoms. The van der Waals surface area contributed by atoms with Crippen molar-refractivity contribution in [2.24, 2.45) is 0 Å². The van der Waals surface area contributed by atoms with E-state index < -0.39 is 0 Å². The molecule has 0 spiro atoms. The molecule has 0 unspecified atom stereocenters. The van der Waals surface area contributed by atoms with Crippen LogP contribution in [0, 0.1) is 13.8 Å². The molecule has 0 aliphatic carbocycles. The minimum absolute atomic E-state index is 0.111. The maximum atomic E-state index is 12.4. The molecule has 1 N–H and O–H groups in total. The highest BCUT2D eigenvalue weighted by Gasteiger charge is 2.21. The number of aryl methyl sites for hydroxylation is 2. The van der Waals surface area contributed by atoms with E-state index in [1.54, 1.807) is 6.07 Å². The van der Waals surface area contributed by atoms with E-state index in [-0.39, 0.29) is 11.8 Å². The van der Waals surface area contributed by atoms with Crippen LogP contribution in [0.25, 0.3) is 0 Å². The second-order valence-electron chi connectivity index (χ2n) is 7.47. The Bertz CT molecular complexity index is 826. The number of rotatable bonds is 6. The van der Waals surface area contributed by atoms with Crippen molar-refractivity contribution in [1.29, 1.82) is 0 Å². The molecule has 28 heavy (non-hydrogen) atoms. The molecule has 0 atom stereocenters. The highest BCUT2D eigenvalue weighted by molar-refractivity contribution is 5.95. The van der Waals surface area contributed by atoms with Crippen molar-refractivity contribution in [3.8, 4) is 0 Å². The molecule has 1 saturated heterocycles. The number of amides is 2. The highest BCUT2D eigenvalue weighted by atomic mass is 16.2. The first-order chi connectivity index (χ1) is 13.5. The predicted molar refractivity (Wildman–Crippen MR) is 111 cm³/mol. The monoisotopic (exact) mass is 379 g/mol. The summed E-state index contributed by atoms with van der Waals surface area (Å²) in [5, 5.41) is 2.86. The Morgan fingerprint density at radius 1 is 0.964 bits per heavy atom. The van der Waals surface area contributed by atoms with Gasteiger partial charge in [-0.3, -0.25) is 14.5 Å². The lowest BCUT2D eigenvalue weighted by molar-refractivity contribution is -0.132. The Balaban J connectivity index is 1.39. The molecule has 1 aliphatic heterocycles. The van der Waals surface area contributed by atoms with E-state index in [9.17, 15) is 9.59 Å². The summed E-state index contributed by atoms with van der Waals surface area (Å²) in [6, 6.07) is 16.1. The second kappa shape index (κ2) is 9.51. The first kappa shape index (κ1) is 20.1. The van der Waals surface area contributed by atoms with Gasteiger partial charge in [0.1, 0.15) is 0 Å². The first-order valence-electron chi connectivity index (χ1n) is 9.92. The van der Waals surface area contributed by atoms with Crippen LogP contribution in [0.4, 0.5) is 0 Å². The van der Waals surface area contributed by atoms with Crippen molar-refractivity contribution in [2.45, 2.75) is 26.8 Å². The number of hydrogen-bond donors (Lipinski definition) is 1. The zero-order valence-corrected chi connectivity index (χ0v) is 16.8. The molecule has 0 bridgehead atoms. The van der Waals surface area contributed by atoms with Gasteiger partial charge < -0.3 is 10.2 Å². The van der Waals surface area contributed by atoms with Crippen LogP contribution < -0.4 is 5.32 Å². The van der Waals surface area contributed by atoms with Gasteiger partial charge in [0.2, 0.25) is 5.91 Å². The maximum Gasteiger partial charge on any atom is 0.251 e. The van der Waals surface area contributed by atoms with Crippen LogP contribution in [0.5, 0.6) is 0 Å². The smallest absolute Gasteiger partial charge is 0.251 e. The van der Waals surface area contributed by atoms with Crippen LogP contribution in [0.3, 0.4) is 0 Å². The average Bonchev–Trinajstić information content (AvgIpc) is 2.69. The van der Waals surface area contributed by atoms with Gasteiger partial charge in [-0.05, 0) is 31.0 Å². The predicted octanol–water partition coefficient (Wildman–Crippen LogP) is 2.77. The molecular formula is C23H29N3O2. The average molecular weight is 380 g/mol. The highest BCUT2D eigenvalue weighted by Crippen LogP contribution is 2.11. The van der Waals surface area contributed by atoms with E-state index >= 15 is 0 Å². The lowest BCUT2D eigenvalue weighted by Gasteiger charge is -2.35. The molecule has 1 fully saturated rings. The summed E-state index contributed by atoms with van der Waals surface area (Å²) >= 11 is 0. The quantitative estimate of drug-likeness (QED) is 0.840. The summed E-state index contributed by atoms with van der Waals surface area (Å²) in [4.78, 5) is 29.0. The van der Waals surface area contributed by atoms with E-state index in [0.29, 0.717) is 18.5 Å². The molecule has 2 aromatic carbocycles. The number of nitrogens with one attached hydrogen (secondary N) is 1. The number of nitrogens with zero attached hydrogens (tertiary/aromatic N) is 2. The number of hydrogen-bond acceptors (Lipinski definition) is 3. The minimum atomic E-state index is -0.117. The molecule has 0 radical (unpaired) electrons. The van der Waals surface area contributed by atoms with Crippen LogP contribution in [0.2, 0.25) is 0 Å². The van der Waals surface area contributed by atoms with Gasteiger partial charge in [0.15, 0.2) is 0 Å². The third-order valence-corrected chi connectivity index (χ3v) is 5.23. The SMILES string of the molecule is Cc1cccc(CN2CCN(C(=O)CCNC(=O)c3ccccc3C)CC2)c1. The van der Waals surface area contributed by atoms with Gasteiger partial charge in [-0.2, -0.15) is 0 Å². The summed E-state index contributed by atoms with van der Waals surface area (Å²) in [5.74, 6) is -0.00540. The van der Waals surface area contributed by atoms with E-state index in [1.807, 2.05) is 30.0 Å². The standard InChI is InChI=1S/C23H29N3O2/c1-18-6-5-8-20(16-18)17-25-12-14-26(15-13-25)22(27)10-11-24-23(28)21-9-4-3-7-19(21)2/h3-9,16H,10-15,17H2,1-2H3,(H,24,28). The van der Waals surface area contributed by atoms with Crippen molar-refractivity contribution < 1.29 is 9.59 Å². The number of piperazine rings is 1. The van der Waals surface area contributed by atoms with Gasteiger partial charge in [-0.15, -0.1) is 0 Å². The fraction of sp³-hybridized carbons (Fsp3) is 0.391. The van der Waals surface area contributed by atoms with E-state index in [1.165, 1.54) is 11.1 Å². The van der Waals surface area contributed by atoms with Crippen LogP contribution >= 0.6 is 0 Å². The molecule has 0 saturated carbocycles. The van der Waals surface area contributed by atoms with Gasteiger partial charge in [0.05, 0.1) is 0 Å². The summed E-state index contributed by atoms with van der Waals surface area (Å²) in [5.41, 5.74) is 4.20. The largest absolute Gasteiger partial charge is 0.352 e. The molecule has 2 aromatic rings. The molecule has 2 amide bonds. The van der Waals surface area contributed by atoms with Crippen LogP contribution in [0.15, 0.2) is 48.5 Å². The van der Waals surface area contributed by atoms with E-state index in [2.05, 4.69) is 41.4 Å². The maximum absolute atomic E-state index is 12.4. The summed E-state index contributed by atoms with van der Waals surface area (Å²) in [6.45, 7) is 8.58. The van der Waals surface area contributed by atoms with Crippen LogP contribution in [0.1, 0.15) is 33.5 Å². The van der Waals surface area contributed by atoms with Crippen molar-refractivity contribution in [2.75, 3.05) is 32.7 Å². The first-order valence-corrected chi connectivity index (χ1v) is 9.92. The zero-order valence-electron chi connectivity index (χ0n) is 16.8. The molecule has 1 aliphatic rings. The summed E-state index contributed by atoms with van der Waals surface area (Å²) < 4.78 is 0. The van der Waals surface area contributed by atoms with Crippen molar-refractivity contribution in [3.63, 3.8) is 0 Å². The normalized spacial score (nSPS) is 14.7. The van der Waals surface area contributed by atoms with Crippen molar-refractivity contribution in [1.82, 2.24) is 15.1 Å². The summed E-state index contributed by atoms with van der Waals surface area (Å²) in [7, 11) is 0. The number of carbonyl (C=O) groups excluding carboxylic acids is 2. The number of carbonyl (C=O) groups is 2. The second-order valence-corrected chi connectivity index (χ2v) is 7.47. The topological polar surface area (TPSA) is 52.6 Å². The third-order valence-electron chi connectivity index (χ3n) is 5.23. The van der Waals surface area contributed by atoms with Gasteiger partial charge >= 0.3 is 0 Å². The molecule has 3 rings (SSSR count). The summed E-state index contributed by atoms with van der Waals surface area (Å²) in [6.07, 6.45) is 0.343. The fourth-order valence-electron chi connectivity index (χ4n) is 3.59. The fourth-order valence-corrected chi connectivity index (χ4v) is 3.59. The molecule has 5 nitrogen and oxygen atoms in total. The lowest BCUT2D eigenvalue weighted by Crippen LogP contribution is -2.48. The van der Waals surface area contributed by atoms with Crippen LogP contribution in [-0.2, 0) is 11.3 Å². The van der Waals surface area contributed by atoms with Gasteiger partial charge in [-0.1, -0.05) is 48.0 Å². The Morgan fingerprint density at radius 3 is 2.43 bits per heavy atom. The number of benzene rings is 2. The third kappa shape index (κ3) is 5.42. The lowest BCUT2D eigenvalue weighted by atomic mass is 10.1. The van der Waals surface area contributed by atoms with Crippen LogP contribution in [-0.4, -0.2) is 54.3 Å². The Kier molecular flexibility index (Phi) is 6.82. The minimum Gasteiger partial charge on any atom is -0.352 e. The molecular weight excluding hydrogens is 350 g/mol. The molecule has 148 valence electrons.